The van der Waals surface area contributed by atoms with Gasteiger partial charge < -0.3 is 29.4 Å². The number of hydrogen-bond acceptors (Lipinski definition) is 10. The van der Waals surface area contributed by atoms with Crippen molar-refractivity contribution in [1.29, 1.82) is 0 Å². The Morgan fingerprint density at radius 1 is 0.875 bits per heavy atom. The molecule has 13 heteroatoms. The number of benzene rings is 1. The Labute approximate surface area is 232 Å². The van der Waals surface area contributed by atoms with Gasteiger partial charge in [-0.25, -0.2) is 0 Å². The fourth-order valence-electron chi connectivity index (χ4n) is 4.49. The van der Waals surface area contributed by atoms with Crippen LogP contribution >= 0.6 is 0 Å². The smallest absolute Gasteiger partial charge is 0.416 e. The number of esters is 1. The molecule has 2 aliphatic rings. The zero-order valence-corrected chi connectivity index (χ0v) is 23.1. The molecule has 0 atom stereocenters. The number of carbonyl (C=O) groups is 3. The Morgan fingerprint density at radius 2 is 1.38 bits per heavy atom. The molecule has 3 rings (SSSR count). The van der Waals surface area contributed by atoms with Gasteiger partial charge in [0, 0.05) is 71.1 Å². The fourth-order valence-corrected chi connectivity index (χ4v) is 4.49. The summed E-state index contributed by atoms with van der Waals surface area (Å²) >= 11 is 0. The number of nitrogens with zero attached hydrogens (tertiary/aromatic N) is 4. The van der Waals surface area contributed by atoms with Crippen LogP contribution in [0, 0.1) is 0 Å². The number of ether oxygens (including phenoxy) is 1. The van der Waals surface area contributed by atoms with Crippen molar-refractivity contribution in [3.05, 3.63) is 42.0 Å². The molecule has 40 heavy (non-hydrogen) atoms. The number of anilines is 1. The van der Waals surface area contributed by atoms with E-state index in [0.29, 0.717) is 24.4 Å². The highest BCUT2D eigenvalue weighted by Crippen LogP contribution is 2.31. The lowest BCUT2D eigenvalue weighted by Gasteiger charge is -2.43. The number of carboxylic acid groups (broad SMARTS) is 2. The number of piperazine rings is 2. The van der Waals surface area contributed by atoms with Crippen LogP contribution in [0.25, 0.3) is 0 Å². The summed E-state index contributed by atoms with van der Waals surface area (Å²) in [7, 11) is 0. The van der Waals surface area contributed by atoms with Crippen LogP contribution in [0.15, 0.2) is 36.4 Å². The minimum absolute atomic E-state index is 0.174. The Balaban J connectivity index is 0.000000611. The molecule has 1 aromatic carbocycles. The molecule has 2 fully saturated rings. The number of alkyl halides is 3. The second-order valence-electron chi connectivity index (χ2n) is 9.96. The summed E-state index contributed by atoms with van der Waals surface area (Å²) in [5.41, 5.74) is -0.565. The maximum absolute atomic E-state index is 13.0. The molecule has 0 saturated carbocycles. The van der Waals surface area contributed by atoms with Gasteiger partial charge in [0.25, 0.3) is 0 Å². The predicted octanol–water partition coefficient (Wildman–Crippen LogP) is -0.171. The third-order valence-corrected chi connectivity index (χ3v) is 6.94. The second-order valence-corrected chi connectivity index (χ2v) is 9.96. The third kappa shape index (κ3) is 10.4. The standard InChI is InChI=1S/C23H35F3N4O2.C4H4O4/c1-4-32-21(31)22(2,3)30-16-12-28(13-17-30)9-8-27-10-14-29(15-11-27)20-7-5-6-19(18-20)23(24,25)26;5-3(6)1-2-4(7)8/h5-7,18H,4,8-17H2,1-3H3;1-2H,(H,5,6)(H,7,8)/p-2. The molecule has 10 nitrogen and oxygen atoms in total. The first-order valence-electron chi connectivity index (χ1n) is 13.1. The van der Waals surface area contributed by atoms with Crippen molar-refractivity contribution in [3.63, 3.8) is 0 Å². The summed E-state index contributed by atoms with van der Waals surface area (Å²) in [6.45, 7) is 14.6. The van der Waals surface area contributed by atoms with Gasteiger partial charge in [-0.2, -0.15) is 13.2 Å². The van der Waals surface area contributed by atoms with E-state index in [2.05, 4.69) is 14.7 Å². The zero-order valence-electron chi connectivity index (χ0n) is 23.1. The van der Waals surface area contributed by atoms with Crippen molar-refractivity contribution in [1.82, 2.24) is 14.7 Å². The van der Waals surface area contributed by atoms with Crippen LogP contribution in [0.1, 0.15) is 26.3 Å². The summed E-state index contributed by atoms with van der Waals surface area (Å²) in [6, 6.07) is 5.59. The molecule has 224 valence electrons. The van der Waals surface area contributed by atoms with Crippen molar-refractivity contribution >= 4 is 23.6 Å². The minimum Gasteiger partial charge on any atom is -0.545 e. The van der Waals surface area contributed by atoms with E-state index in [1.165, 1.54) is 12.1 Å². The summed E-state index contributed by atoms with van der Waals surface area (Å²) in [5.74, 6) is -3.27. The molecule has 0 unspecified atom stereocenters. The van der Waals surface area contributed by atoms with Crippen LogP contribution in [0.3, 0.4) is 0 Å². The van der Waals surface area contributed by atoms with E-state index < -0.39 is 29.2 Å². The van der Waals surface area contributed by atoms with Crippen LogP contribution in [-0.2, 0) is 25.3 Å². The van der Waals surface area contributed by atoms with Gasteiger partial charge >= 0.3 is 12.1 Å². The van der Waals surface area contributed by atoms with Crippen molar-refractivity contribution in [2.45, 2.75) is 32.5 Å². The SMILES string of the molecule is CCOC(=O)C(C)(C)N1CCN(CCN2CCN(c3cccc(C(F)(F)F)c3)CC2)CC1.O=C([O-])C=CC(=O)[O-]. The molecular formula is C27H37F3N4O6-2. The van der Waals surface area contributed by atoms with Crippen LogP contribution in [-0.4, -0.2) is 110 Å². The van der Waals surface area contributed by atoms with Gasteiger partial charge in [-0.05, 0) is 51.1 Å². The zero-order chi connectivity index (χ0) is 29.9. The summed E-state index contributed by atoms with van der Waals surface area (Å²) in [4.78, 5) is 40.1. The number of rotatable bonds is 9. The maximum Gasteiger partial charge on any atom is 0.416 e. The Bertz CT molecular complexity index is 1000. The van der Waals surface area contributed by atoms with E-state index in [1.54, 1.807) is 6.07 Å². The van der Waals surface area contributed by atoms with E-state index in [9.17, 15) is 37.8 Å². The van der Waals surface area contributed by atoms with Gasteiger partial charge in [0.2, 0.25) is 0 Å². The quantitative estimate of drug-likeness (QED) is 0.292. The largest absolute Gasteiger partial charge is 0.545 e. The lowest BCUT2D eigenvalue weighted by Crippen LogP contribution is -2.59. The van der Waals surface area contributed by atoms with Crippen molar-refractivity contribution in [2.24, 2.45) is 0 Å². The number of aliphatic carboxylic acids is 2. The first kappa shape index (κ1) is 33.0. The van der Waals surface area contributed by atoms with Crippen LogP contribution in [0.2, 0.25) is 0 Å². The van der Waals surface area contributed by atoms with Crippen LogP contribution < -0.4 is 15.1 Å². The summed E-state index contributed by atoms with van der Waals surface area (Å²) < 4.78 is 44.2. The van der Waals surface area contributed by atoms with E-state index in [4.69, 9.17) is 4.74 Å². The molecule has 2 heterocycles. The van der Waals surface area contributed by atoms with Gasteiger partial charge in [0.1, 0.15) is 5.54 Å². The molecule has 2 aliphatic heterocycles. The fraction of sp³-hybridized carbons (Fsp3) is 0.593. The van der Waals surface area contributed by atoms with Gasteiger partial charge in [-0.15, -0.1) is 0 Å². The molecule has 0 aliphatic carbocycles. The Hall–Kier alpha value is -3.16. The second kappa shape index (κ2) is 15.0. The molecule has 1 aromatic rings. The Morgan fingerprint density at radius 3 is 1.82 bits per heavy atom. The monoisotopic (exact) mass is 570 g/mol. The lowest BCUT2D eigenvalue weighted by atomic mass is 10.0. The lowest BCUT2D eigenvalue weighted by molar-refractivity contribution is -0.301. The molecule has 0 amide bonds. The van der Waals surface area contributed by atoms with Gasteiger partial charge in [-0.3, -0.25) is 19.5 Å². The molecular weight excluding hydrogens is 533 g/mol. The molecule has 0 spiro atoms. The van der Waals surface area contributed by atoms with Gasteiger partial charge in [0.05, 0.1) is 24.1 Å². The normalized spacial score (nSPS) is 17.8. The van der Waals surface area contributed by atoms with Crippen molar-refractivity contribution in [3.8, 4) is 0 Å². The maximum atomic E-state index is 13.0. The number of carbonyl (C=O) groups excluding carboxylic acids is 3. The number of halogens is 3. The van der Waals surface area contributed by atoms with E-state index >= 15 is 0 Å². The molecule has 0 N–H and O–H groups in total. The average Bonchev–Trinajstić information content (AvgIpc) is 2.91. The van der Waals surface area contributed by atoms with E-state index in [0.717, 1.165) is 71.5 Å². The van der Waals surface area contributed by atoms with Gasteiger partial charge in [-0.1, -0.05) is 6.07 Å². The van der Waals surface area contributed by atoms with E-state index in [1.807, 2.05) is 25.7 Å². The highest BCUT2D eigenvalue weighted by atomic mass is 19.4. The molecule has 0 bridgehead atoms. The molecule has 0 radical (unpaired) electrons. The van der Waals surface area contributed by atoms with Gasteiger partial charge in [0.15, 0.2) is 0 Å². The Kier molecular flexibility index (Phi) is 12.4. The van der Waals surface area contributed by atoms with E-state index in [-0.39, 0.29) is 5.97 Å². The average molecular weight is 571 g/mol. The van der Waals surface area contributed by atoms with Crippen molar-refractivity contribution < 1.29 is 42.5 Å². The van der Waals surface area contributed by atoms with Crippen LogP contribution in [0.5, 0.6) is 0 Å². The first-order valence-corrected chi connectivity index (χ1v) is 13.1. The molecule has 2 saturated heterocycles. The first-order chi connectivity index (χ1) is 18.7. The highest BCUT2D eigenvalue weighted by Gasteiger charge is 2.37. The summed E-state index contributed by atoms with van der Waals surface area (Å²) in [6.07, 6.45) is -3.54. The van der Waals surface area contributed by atoms with Crippen LogP contribution in [0.4, 0.5) is 18.9 Å². The minimum atomic E-state index is -4.31. The topological polar surface area (TPSA) is 120 Å². The highest BCUT2D eigenvalue weighted by molar-refractivity contribution is 5.87. The summed E-state index contributed by atoms with van der Waals surface area (Å²) in [5, 5.41) is 18.8. The number of hydrogen-bond donors (Lipinski definition) is 0. The predicted molar refractivity (Wildman–Crippen MR) is 138 cm³/mol. The number of carboxylic acids is 2. The van der Waals surface area contributed by atoms with Crippen molar-refractivity contribution in [2.75, 3.05) is 77.0 Å². The molecule has 0 aromatic heterocycles. The third-order valence-electron chi connectivity index (χ3n) is 6.94.